The molecule has 0 radical (unpaired) electrons. The van der Waals surface area contributed by atoms with Gasteiger partial charge in [-0.2, -0.15) is 0 Å². The van der Waals surface area contributed by atoms with E-state index in [2.05, 4.69) is 20.6 Å². The third-order valence-electron chi connectivity index (χ3n) is 4.76. The van der Waals surface area contributed by atoms with Crippen LogP contribution in [0.5, 0.6) is 5.75 Å². The highest BCUT2D eigenvalue weighted by atomic mass is 16.4. The van der Waals surface area contributed by atoms with Crippen LogP contribution in [0.2, 0.25) is 0 Å². The predicted octanol–water partition coefficient (Wildman–Crippen LogP) is 2.74. The molecule has 3 rings (SSSR count). The second-order valence-corrected chi connectivity index (χ2v) is 6.44. The number of phenolic OH excluding ortho intramolecular Hbond substituents is 1. The normalized spacial score (nSPS) is 14.3. The fourth-order valence-electron chi connectivity index (χ4n) is 3.26. The van der Waals surface area contributed by atoms with Crippen LogP contribution in [0.1, 0.15) is 46.9 Å². The van der Waals surface area contributed by atoms with Crippen LogP contribution in [-0.2, 0) is 25.9 Å². The zero-order chi connectivity index (χ0) is 17.8. The zero-order valence-electron chi connectivity index (χ0n) is 15.1. The molecule has 0 atom stereocenters. The van der Waals surface area contributed by atoms with E-state index in [1.165, 1.54) is 24.0 Å². The highest BCUT2D eigenvalue weighted by Crippen LogP contribution is 2.30. The van der Waals surface area contributed by atoms with Crippen molar-refractivity contribution in [1.82, 2.24) is 15.6 Å². The number of aromatic hydroxyl groups is 1. The van der Waals surface area contributed by atoms with Gasteiger partial charge in [-0.3, -0.25) is 4.99 Å². The number of hydrogen-bond donors (Lipinski definition) is 3. The van der Waals surface area contributed by atoms with Crippen molar-refractivity contribution in [2.75, 3.05) is 7.05 Å². The average molecular weight is 342 g/mol. The highest BCUT2D eigenvalue weighted by Gasteiger charge is 2.16. The van der Waals surface area contributed by atoms with Crippen molar-refractivity contribution in [1.29, 1.82) is 0 Å². The summed E-state index contributed by atoms with van der Waals surface area (Å²) in [6.07, 6.45) is 4.53. The molecule has 0 fully saturated rings. The molecule has 0 spiro atoms. The summed E-state index contributed by atoms with van der Waals surface area (Å²) in [6, 6.07) is 3.85. The summed E-state index contributed by atoms with van der Waals surface area (Å²) in [7, 11) is 1.72. The molecule has 134 valence electrons. The number of nitrogens with one attached hydrogen (secondary N) is 2. The Labute approximate surface area is 148 Å². The topological polar surface area (TPSA) is 82.7 Å². The van der Waals surface area contributed by atoms with E-state index in [0.29, 0.717) is 30.7 Å². The number of hydrogen-bond acceptors (Lipinski definition) is 4. The maximum absolute atomic E-state index is 10.3. The van der Waals surface area contributed by atoms with E-state index in [-0.39, 0.29) is 0 Å². The second kappa shape index (κ2) is 7.59. The number of fused-ring (bicyclic) bond motifs is 1. The van der Waals surface area contributed by atoms with Crippen molar-refractivity contribution in [2.24, 2.45) is 4.99 Å². The van der Waals surface area contributed by atoms with Gasteiger partial charge < -0.3 is 20.2 Å². The van der Waals surface area contributed by atoms with E-state index < -0.39 is 0 Å². The molecule has 0 unspecified atom stereocenters. The van der Waals surface area contributed by atoms with Crippen molar-refractivity contribution in [3.8, 4) is 5.75 Å². The van der Waals surface area contributed by atoms with Crippen LogP contribution in [0.3, 0.4) is 0 Å². The molecule has 1 heterocycles. The third-order valence-corrected chi connectivity index (χ3v) is 4.76. The Balaban J connectivity index is 1.63. The Kier molecular flexibility index (Phi) is 5.26. The molecular weight excluding hydrogens is 316 g/mol. The number of guanidine groups is 1. The Morgan fingerprint density at radius 1 is 1.20 bits per heavy atom. The first kappa shape index (κ1) is 17.3. The smallest absolute Gasteiger partial charge is 0.214 e. The summed E-state index contributed by atoms with van der Waals surface area (Å²) in [5.41, 5.74) is 4.52. The van der Waals surface area contributed by atoms with E-state index in [4.69, 9.17) is 4.42 Å². The molecule has 2 aromatic rings. The SMILES string of the molecule is CN=C(NCc1nc(C)c(C)o1)NCc1c(O)ccc2c1CCCC2. The van der Waals surface area contributed by atoms with E-state index in [1.807, 2.05) is 19.9 Å². The summed E-state index contributed by atoms with van der Waals surface area (Å²) < 4.78 is 5.57. The standard InChI is InChI=1S/C19H26N4O2/c1-12-13(2)25-18(23-12)11-22-19(20-3)21-10-16-15-7-5-4-6-14(15)8-9-17(16)24/h8-9,24H,4-7,10-11H2,1-3H3,(H2,20,21,22). The molecule has 0 aliphatic heterocycles. The number of nitrogens with zero attached hydrogens (tertiary/aromatic N) is 2. The van der Waals surface area contributed by atoms with Gasteiger partial charge in [0.25, 0.3) is 0 Å². The van der Waals surface area contributed by atoms with Gasteiger partial charge in [0.1, 0.15) is 11.5 Å². The zero-order valence-corrected chi connectivity index (χ0v) is 15.1. The maximum Gasteiger partial charge on any atom is 0.214 e. The number of aliphatic imine (C=N–C) groups is 1. The fourth-order valence-corrected chi connectivity index (χ4v) is 3.26. The molecule has 1 aliphatic carbocycles. The van der Waals surface area contributed by atoms with Gasteiger partial charge >= 0.3 is 0 Å². The third kappa shape index (κ3) is 3.95. The highest BCUT2D eigenvalue weighted by molar-refractivity contribution is 5.79. The van der Waals surface area contributed by atoms with E-state index in [0.717, 1.165) is 29.9 Å². The molecule has 0 amide bonds. The van der Waals surface area contributed by atoms with E-state index in [1.54, 1.807) is 13.1 Å². The van der Waals surface area contributed by atoms with Crippen LogP contribution in [0, 0.1) is 13.8 Å². The van der Waals surface area contributed by atoms with Crippen molar-refractivity contribution in [2.45, 2.75) is 52.6 Å². The summed E-state index contributed by atoms with van der Waals surface area (Å²) in [5, 5.41) is 16.7. The number of aryl methyl sites for hydroxylation is 3. The van der Waals surface area contributed by atoms with Crippen molar-refractivity contribution in [3.63, 3.8) is 0 Å². The van der Waals surface area contributed by atoms with Gasteiger partial charge in [0.05, 0.1) is 12.2 Å². The minimum atomic E-state index is 0.350. The Morgan fingerprint density at radius 3 is 2.68 bits per heavy atom. The van der Waals surface area contributed by atoms with Gasteiger partial charge in [0.15, 0.2) is 5.96 Å². The maximum atomic E-state index is 10.3. The fraction of sp³-hybridized carbons (Fsp3) is 0.474. The van der Waals surface area contributed by atoms with Crippen LogP contribution in [0.4, 0.5) is 0 Å². The lowest BCUT2D eigenvalue weighted by atomic mass is 9.88. The minimum absolute atomic E-state index is 0.350. The molecule has 25 heavy (non-hydrogen) atoms. The molecule has 0 saturated heterocycles. The number of benzene rings is 1. The summed E-state index contributed by atoms with van der Waals surface area (Å²) in [5.74, 6) is 2.47. The van der Waals surface area contributed by atoms with Gasteiger partial charge in [0.2, 0.25) is 5.89 Å². The predicted molar refractivity (Wildman–Crippen MR) is 97.8 cm³/mol. The van der Waals surface area contributed by atoms with Crippen LogP contribution in [-0.4, -0.2) is 23.1 Å². The first-order valence-corrected chi connectivity index (χ1v) is 8.78. The quantitative estimate of drug-likeness (QED) is 0.588. The van der Waals surface area contributed by atoms with Crippen molar-refractivity contribution < 1.29 is 9.52 Å². The van der Waals surface area contributed by atoms with Gasteiger partial charge in [-0.1, -0.05) is 6.07 Å². The molecule has 1 aliphatic rings. The summed E-state index contributed by atoms with van der Waals surface area (Å²) in [4.78, 5) is 8.59. The monoisotopic (exact) mass is 342 g/mol. The lowest BCUT2D eigenvalue weighted by molar-refractivity contribution is 0.460. The average Bonchev–Trinajstić information content (AvgIpc) is 2.94. The van der Waals surface area contributed by atoms with Crippen LogP contribution < -0.4 is 10.6 Å². The van der Waals surface area contributed by atoms with Crippen LogP contribution in [0.25, 0.3) is 0 Å². The number of rotatable bonds is 4. The second-order valence-electron chi connectivity index (χ2n) is 6.44. The molecule has 3 N–H and O–H groups in total. The van der Waals surface area contributed by atoms with Crippen molar-refractivity contribution >= 4 is 5.96 Å². The van der Waals surface area contributed by atoms with Gasteiger partial charge in [-0.25, -0.2) is 4.98 Å². The Morgan fingerprint density at radius 2 is 1.96 bits per heavy atom. The minimum Gasteiger partial charge on any atom is -0.508 e. The molecule has 6 nitrogen and oxygen atoms in total. The molecule has 0 bridgehead atoms. The van der Waals surface area contributed by atoms with Crippen molar-refractivity contribution in [3.05, 3.63) is 46.2 Å². The number of oxazole rings is 1. The van der Waals surface area contributed by atoms with E-state index in [9.17, 15) is 5.11 Å². The Hall–Kier alpha value is -2.50. The molecular formula is C19H26N4O2. The summed E-state index contributed by atoms with van der Waals surface area (Å²) in [6.45, 7) is 4.84. The molecule has 1 aromatic carbocycles. The molecule has 0 saturated carbocycles. The van der Waals surface area contributed by atoms with Crippen LogP contribution >= 0.6 is 0 Å². The molecule has 1 aromatic heterocycles. The lowest BCUT2D eigenvalue weighted by Gasteiger charge is -2.21. The lowest BCUT2D eigenvalue weighted by Crippen LogP contribution is -2.36. The van der Waals surface area contributed by atoms with Gasteiger partial charge in [-0.05, 0) is 56.7 Å². The number of aromatic nitrogens is 1. The summed E-state index contributed by atoms with van der Waals surface area (Å²) >= 11 is 0. The first-order valence-electron chi connectivity index (χ1n) is 8.78. The van der Waals surface area contributed by atoms with Gasteiger partial charge in [0, 0.05) is 19.2 Å². The largest absolute Gasteiger partial charge is 0.508 e. The number of phenols is 1. The molecule has 6 heteroatoms. The van der Waals surface area contributed by atoms with Crippen LogP contribution in [0.15, 0.2) is 21.5 Å². The Bertz CT molecular complexity index is 760. The van der Waals surface area contributed by atoms with Gasteiger partial charge in [-0.15, -0.1) is 0 Å². The van der Waals surface area contributed by atoms with E-state index >= 15 is 0 Å². The first-order chi connectivity index (χ1) is 12.1.